The number of amides is 2. The molecule has 4 nitrogen and oxygen atoms in total. The van der Waals surface area contributed by atoms with Gasteiger partial charge >= 0.3 is 0 Å². The van der Waals surface area contributed by atoms with Crippen LogP contribution >= 0.6 is 15.9 Å². The van der Waals surface area contributed by atoms with Crippen LogP contribution in [0.5, 0.6) is 0 Å². The van der Waals surface area contributed by atoms with Crippen LogP contribution in [0.4, 0.5) is 5.69 Å². The first-order chi connectivity index (χ1) is 9.99. The van der Waals surface area contributed by atoms with Crippen molar-refractivity contribution in [1.29, 1.82) is 0 Å². The number of carbonyl (C=O) groups is 2. The zero-order valence-electron chi connectivity index (χ0n) is 11.3. The number of fused-ring (bicyclic) bond motifs is 1. The summed E-state index contributed by atoms with van der Waals surface area (Å²) in [6.45, 7) is 1.84. The molecule has 0 aromatic heterocycles. The number of halogens is 1. The van der Waals surface area contributed by atoms with Crippen molar-refractivity contribution < 1.29 is 9.59 Å². The van der Waals surface area contributed by atoms with Gasteiger partial charge in [-0.1, -0.05) is 28.1 Å². The fourth-order valence-electron chi connectivity index (χ4n) is 2.51. The highest BCUT2D eigenvalue weighted by Crippen LogP contribution is 2.32. The highest BCUT2D eigenvalue weighted by atomic mass is 79.9. The van der Waals surface area contributed by atoms with Gasteiger partial charge in [0.05, 0.1) is 17.2 Å². The minimum Gasteiger partial charge on any atom is -0.399 e. The summed E-state index contributed by atoms with van der Waals surface area (Å²) < 4.78 is 0.782. The Morgan fingerprint density at radius 2 is 1.62 bits per heavy atom. The minimum absolute atomic E-state index is 0.258. The van der Waals surface area contributed by atoms with Gasteiger partial charge in [-0.2, -0.15) is 0 Å². The van der Waals surface area contributed by atoms with Gasteiger partial charge in [-0.15, -0.1) is 0 Å². The van der Waals surface area contributed by atoms with Gasteiger partial charge < -0.3 is 5.73 Å². The second-order valence-electron chi connectivity index (χ2n) is 5.01. The lowest BCUT2D eigenvalue weighted by Crippen LogP contribution is -2.32. The molecule has 1 unspecified atom stereocenters. The predicted molar refractivity (Wildman–Crippen MR) is 83.9 cm³/mol. The van der Waals surface area contributed by atoms with Crippen molar-refractivity contribution in [2.75, 3.05) is 5.73 Å². The van der Waals surface area contributed by atoms with Crippen LogP contribution in [0.25, 0.3) is 0 Å². The number of nitrogens with two attached hydrogens (primary N) is 1. The number of nitrogens with zero attached hydrogens (tertiary/aromatic N) is 1. The highest BCUT2D eigenvalue weighted by Gasteiger charge is 2.38. The molecule has 1 aliphatic heterocycles. The Labute approximate surface area is 130 Å². The molecule has 0 radical (unpaired) electrons. The second-order valence-corrected chi connectivity index (χ2v) is 5.93. The van der Waals surface area contributed by atoms with E-state index in [9.17, 15) is 9.59 Å². The number of carbonyl (C=O) groups excluding carboxylic acids is 2. The van der Waals surface area contributed by atoms with Crippen LogP contribution in [0.1, 0.15) is 39.2 Å². The van der Waals surface area contributed by atoms with Crippen molar-refractivity contribution in [3.05, 3.63) is 63.6 Å². The lowest BCUT2D eigenvalue weighted by atomic mass is 10.1. The summed E-state index contributed by atoms with van der Waals surface area (Å²) in [5.41, 5.74) is 8.08. The Morgan fingerprint density at radius 3 is 2.29 bits per heavy atom. The van der Waals surface area contributed by atoms with Crippen LogP contribution < -0.4 is 5.73 Å². The van der Waals surface area contributed by atoms with Crippen molar-refractivity contribution in [1.82, 2.24) is 4.90 Å². The van der Waals surface area contributed by atoms with E-state index in [2.05, 4.69) is 15.9 Å². The normalized spacial score (nSPS) is 15.2. The molecule has 2 aromatic rings. The maximum atomic E-state index is 12.5. The zero-order chi connectivity index (χ0) is 15.1. The Hall–Kier alpha value is -2.14. The maximum Gasteiger partial charge on any atom is 0.262 e. The molecule has 0 aliphatic carbocycles. The molecule has 1 atom stereocenters. The minimum atomic E-state index is -0.336. The average molecular weight is 345 g/mol. The molecule has 0 bridgehead atoms. The van der Waals surface area contributed by atoms with Crippen LogP contribution in [0.2, 0.25) is 0 Å². The molecular weight excluding hydrogens is 332 g/mol. The van der Waals surface area contributed by atoms with Crippen molar-refractivity contribution in [3.8, 4) is 0 Å². The number of rotatable bonds is 2. The van der Waals surface area contributed by atoms with Gasteiger partial charge in [0, 0.05) is 10.2 Å². The summed E-state index contributed by atoms with van der Waals surface area (Å²) in [5.74, 6) is -0.521. The van der Waals surface area contributed by atoms with Gasteiger partial charge in [0.1, 0.15) is 0 Å². The summed E-state index contributed by atoms with van der Waals surface area (Å²) in [5, 5.41) is 0. The van der Waals surface area contributed by atoms with Crippen LogP contribution in [0.15, 0.2) is 46.9 Å². The van der Waals surface area contributed by atoms with Crippen molar-refractivity contribution in [3.63, 3.8) is 0 Å². The quantitative estimate of drug-likeness (QED) is 0.670. The van der Waals surface area contributed by atoms with Gasteiger partial charge in [0.25, 0.3) is 11.8 Å². The topological polar surface area (TPSA) is 63.4 Å². The number of anilines is 1. The van der Waals surface area contributed by atoms with E-state index in [1.165, 1.54) is 4.90 Å². The molecule has 0 fully saturated rings. The summed E-state index contributed by atoms with van der Waals surface area (Å²) in [6, 6.07) is 12.0. The lowest BCUT2D eigenvalue weighted by Gasteiger charge is -2.22. The van der Waals surface area contributed by atoms with Gasteiger partial charge in [0.15, 0.2) is 0 Å². The molecule has 2 amide bonds. The standard InChI is InChI=1S/C16H13BrN2O2/c1-9(10-2-5-12(18)6-3-10)19-15(20)13-7-4-11(17)8-14(13)16(19)21/h2-9H,18H2,1H3. The first kappa shape index (κ1) is 13.8. The molecule has 5 heteroatoms. The van der Waals surface area contributed by atoms with Gasteiger partial charge in [-0.05, 0) is 42.8 Å². The SMILES string of the molecule is CC(c1ccc(N)cc1)N1C(=O)c2ccc(Br)cc2C1=O. The molecular formula is C16H13BrN2O2. The summed E-state index contributed by atoms with van der Waals surface area (Å²) >= 11 is 3.33. The Bertz CT molecular complexity index is 740. The van der Waals surface area contributed by atoms with E-state index in [0.717, 1.165) is 10.0 Å². The van der Waals surface area contributed by atoms with E-state index >= 15 is 0 Å². The van der Waals surface area contributed by atoms with Crippen molar-refractivity contribution >= 4 is 33.4 Å². The van der Waals surface area contributed by atoms with Crippen LogP contribution in [-0.2, 0) is 0 Å². The Morgan fingerprint density at radius 1 is 1.00 bits per heavy atom. The van der Waals surface area contributed by atoms with Gasteiger partial charge in [0.2, 0.25) is 0 Å². The Balaban J connectivity index is 1.99. The fourth-order valence-corrected chi connectivity index (χ4v) is 2.87. The summed E-state index contributed by atoms with van der Waals surface area (Å²) in [7, 11) is 0. The van der Waals surface area contributed by atoms with E-state index < -0.39 is 0 Å². The number of benzene rings is 2. The zero-order valence-corrected chi connectivity index (χ0v) is 12.9. The Kier molecular flexibility index (Phi) is 3.29. The van der Waals surface area contributed by atoms with Crippen molar-refractivity contribution in [2.24, 2.45) is 0 Å². The average Bonchev–Trinajstić information content (AvgIpc) is 2.70. The molecule has 0 spiro atoms. The fraction of sp³-hybridized carbons (Fsp3) is 0.125. The van der Waals surface area contributed by atoms with Crippen LogP contribution in [0, 0.1) is 0 Å². The second kappa shape index (κ2) is 5.00. The van der Waals surface area contributed by atoms with Crippen LogP contribution in [-0.4, -0.2) is 16.7 Å². The smallest absolute Gasteiger partial charge is 0.262 e. The van der Waals surface area contributed by atoms with Gasteiger partial charge in [-0.25, -0.2) is 0 Å². The van der Waals surface area contributed by atoms with Crippen LogP contribution in [0.3, 0.4) is 0 Å². The number of hydrogen-bond donors (Lipinski definition) is 1. The van der Waals surface area contributed by atoms with E-state index in [0.29, 0.717) is 16.8 Å². The monoisotopic (exact) mass is 344 g/mol. The molecule has 21 heavy (non-hydrogen) atoms. The molecule has 2 aromatic carbocycles. The summed E-state index contributed by atoms with van der Waals surface area (Å²) in [6.07, 6.45) is 0. The largest absolute Gasteiger partial charge is 0.399 e. The number of nitrogen functional groups attached to an aromatic ring is 1. The predicted octanol–water partition coefficient (Wildman–Crippen LogP) is 3.39. The molecule has 106 valence electrons. The van der Waals surface area contributed by atoms with E-state index in [4.69, 9.17) is 5.73 Å². The molecule has 3 rings (SSSR count). The van der Waals surface area contributed by atoms with E-state index in [1.807, 2.05) is 19.1 Å². The molecule has 0 saturated carbocycles. The summed E-state index contributed by atoms with van der Waals surface area (Å²) in [4.78, 5) is 26.3. The molecule has 0 saturated heterocycles. The van der Waals surface area contributed by atoms with E-state index in [-0.39, 0.29) is 17.9 Å². The third-order valence-corrected chi connectivity index (χ3v) is 4.18. The molecule has 1 aliphatic rings. The van der Waals surface area contributed by atoms with Crippen molar-refractivity contribution in [2.45, 2.75) is 13.0 Å². The third-order valence-electron chi connectivity index (χ3n) is 3.69. The number of hydrogen-bond acceptors (Lipinski definition) is 3. The highest BCUT2D eigenvalue weighted by molar-refractivity contribution is 9.10. The van der Waals surface area contributed by atoms with Gasteiger partial charge in [-0.3, -0.25) is 14.5 Å². The first-order valence-corrected chi connectivity index (χ1v) is 7.31. The molecule has 2 N–H and O–H groups in total. The van der Waals surface area contributed by atoms with E-state index in [1.54, 1.807) is 30.3 Å². The molecule has 1 heterocycles. The first-order valence-electron chi connectivity index (χ1n) is 6.52. The lowest BCUT2D eigenvalue weighted by molar-refractivity contribution is 0.0595. The third kappa shape index (κ3) is 2.23. The number of imide groups is 1. The maximum absolute atomic E-state index is 12.5.